The normalized spacial score (nSPS) is 20.1. The van der Waals surface area contributed by atoms with Crippen molar-refractivity contribution >= 4 is 22.4 Å². The first-order valence-corrected chi connectivity index (χ1v) is 8.40. The van der Waals surface area contributed by atoms with E-state index in [4.69, 9.17) is 0 Å². The van der Waals surface area contributed by atoms with Gasteiger partial charge < -0.3 is 5.32 Å². The van der Waals surface area contributed by atoms with Gasteiger partial charge in [0.1, 0.15) is 0 Å². The maximum absolute atomic E-state index is 11.8. The molecule has 110 valence electrons. The highest BCUT2D eigenvalue weighted by molar-refractivity contribution is 7.89. The lowest BCUT2D eigenvalue weighted by Gasteiger charge is -2.14. The van der Waals surface area contributed by atoms with Crippen LogP contribution in [0.4, 0.5) is 0 Å². The first-order valence-electron chi connectivity index (χ1n) is 6.75. The second kappa shape index (κ2) is 9.13. The van der Waals surface area contributed by atoms with Gasteiger partial charge in [-0.3, -0.25) is 0 Å². The van der Waals surface area contributed by atoms with Crippen LogP contribution in [0.15, 0.2) is 0 Å². The molecule has 0 saturated carbocycles. The predicted molar refractivity (Wildman–Crippen MR) is 78.7 cm³/mol. The smallest absolute Gasteiger partial charge is 0.211 e. The van der Waals surface area contributed by atoms with Gasteiger partial charge in [0, 0.05) is 6.54 Å². The fourth-order valence-corrected chi connectivity index (χ4v) is 3.91. The number of sulfonamides is 1. The average molecular weight is 299 g/mol. The molecule has 0 aromatic heterocycles. The highest BCUT2D eigenvalue weighted by Gasteiger charge is 2.18. The van der Waals surface area contributed by atoms with Crippen molar-refractivity contribution in [1.82, 2.24) is 10.0 Å². The summed E-state index contributed by atoms with van der Waals surface area (Å²) in [4.78, 5) is 0. The number of nitrogens with one attached hydrogen (secondary N) is 2. The zero-order chi connectivity index (χ0) is 12.7. The lowest BCUT2D eigenvalue weighted by Crippen LogP contribution is -2.31. The van der Waals surface area contributed by atoms with E-state index in [9.17, 15) is 8.42 Å². The van der Waals surface area contributed by atoms with Crippen molar-refractivity contribution in [2.45, 2.75) is 39.5 Å². The van der Waals surface area contributed by atoms with E-state index in [1.807, 2.05) is 13.8 Å². The molecule has 4 nitrogen and oxygen atoms in total. The summed E-state index contributed by atoms with van der Waals surface area (Å²) >= 11 is 0. The van der Waals surface area contributed by atoms with Crippen LogP contribution in [-0.2, 0) is 10.0 Å². The Morgan fingerprint density at radius 3 is 2.50 bits per heavy atom. The van der Waals surface area contributed by atoms with E-state index in [2.05, 4.69) is 10.0 Å². The summed E-state index contributed by atoms with van der Waals surface area (Å²) < 4.78 is 26.3. The molecule has 1 rings (SSSR count). The molecule has 0 radical (unpaired) electrons. The van der Waals surface area contributed by atoms with Crippen molar-refractivity contribution in [2.24, 2.45) is 11.8 Å². The maximum atomic E-state index is 11.8. The molecule has 0 aromatic rings. The van der Waals surface area contributed by atoms with Crippen molar-refractivity contribution in [3.05, 3.63) is 0 Å². The quantitative estimate of drug-likeness (QED) is 0.718. The van der Waals surface area contributed by atoms with Crippen molar-refractivity contribution in [1.29, 1.82) is 0 Å². The van der Waals surface area contributed by atoms with E-state index in [0.29, 0.717) is 18.4 Å². The van der Waals surface area contributed by atoms with Crippen LogP contribution in [0.2, 0.25) is 0 Å². The second-order valence-electron chi connectivity index (χ2n) is 5.01. The van der Waals surface area contributed by atoms with Crippen LogP contribution < -0.4 is 10.0 Å². The minimum Gasteiger partial charge on any atom is -0.316 e. The number of halogens is 1. The third kappa shape index (κ3) is 6.92. The lowest BCUT2D eigenvalue weighted by molar-refractivity contribution is 0.501. The van der Waals surface area contributed by atoms with Gasteiger partial charge in [-0.05, 0) is 37.8 Å². The van der Waals surface area contributed by atoms with Crippen LogP contribution in [-0.4, -0.2) is 33.8 Å². The Bertz CT molecular complexity index is 299. The topological polar surface area (TPSA) is 58.2 Å². The van der Waals surface area contributed by atoms with Crippen molar-refractivity contribution in [3.63, 3.8) is 0 Å². The van der Waals surface area contributed by atoms with Crippen molar-refractivity contribution in [2.75, 3.05) is 25.4 Å². The summed E-state index contributed by atoms with van der Waals surface area (Å²) in [6.45, 7) is 6.80. The Morgan fingerprint density at radius 1 is 1.33 bits per heavy atom. The van der Waals surface area contributed by atoms with Crippen LogP contribution in [0, 0.1) is 11.8 Å². The van der Waals surface area contributed by atoms with Crippen LogP contribution >= 0.6 is 12.4 Å². The molecule has 0 aliphatic carbocycles. The summed E-state index contributed by atoms with van der Waals surface area (Å²) in [7, 11) is -3.07. The van der Waals surface area contributed by atoms with Gasteiger partial charge in [-0.1, -0.05) is 26.7 Å². The molecule has 0 aromatic carbocycles. The third-order valence-corrected chi connectivity index (χ3v) is 5.20. The summed E-state index contributed by atoms with van der Waals surface area (Å²) in [6.07, 6.45) is 4.00. The van der Waals surface area contributed by atoms with Crippen LogP contribution in [0.5, 0.6) is 0 Å². The van der Waals surface area contributed by atoms with Gasteiger partial charge in [0.25, 0.3) is 0 Å². The molecule has 1 aliphatic heterocycles. The summed E-state index contributed by atoms with van der Waals surface area (Å²) in [5, 5.41) is 3.29. The van der Waals surface area contributed by atoms with Gasteiger partial charge in [0.05, 0.1) is 5.75 Å². The molecule has 0 amide bonds. The third-order valence-electron chi connectivity index (χ3n) is 3.65. The first-order chi connectivity index (χ1) is 8.07. The Labute approximate surface area is 118 Å². The zero-order valence-corrected chi connectivity index (χ0v) is 13.1. The molecule has 1 unspecified atom stereocenters. The minimum absolute atomic E-state index is 0. The van der Waals surface area contributed by atoms with E-state index in [1.54, 1.807) is 0 Å². The number of hydrogen-bond donors (Lipinski definition) is 2. The summed E-state index contributed by atoms with van der Waals surface area (Å²) in [6, 6.07) is 0. The zero-order valence-electron chi connectivity index (χ0n) is 11.4. The summed E-state index contributed by atoms with van der Waals surface area (Å²) in [5.74, 6) is 1.22. The van der Waals surface area contributed by atoms with Crippen LogP contribution in [0.3, 0.4) is 0 Å². The maximum Gasteiger partial charge on any atom is 0.211 e. The van der Waals surface area contributed by atoms with Gasteiger partial charge in [0.2, 0.25) is 10.0 Å². The Kier molecular flexibility index (Phi) is 9.21. The highest BCUT2D eigenvalue weighted by Crippen LogP contribution is 2.12. The molecule has 0 spiro atoms. The van der Waals surface area contributed by atoms with Crippen LogP contribution in [0.1, 0.15) is 39.5 Å². The number of hydrogen-bond acceptors (Lipinski definition) is 3. The van der Waals surface area contributed by atoms with Crippen LogP contribution in [0.25, 0.3) is 0 Å². The minimum atomic E-state index is -3.07. The molecule has 6 heteroatoms. The highest BCUT2D eigenvalue weighted by atomic mass is 35.5. The van der Waals surface area contributed by atoms with Gasteiger partial charge in [0.15, 0.2) is 0 Å². The fraction of sp³-hybridized carbons (Fsp3) is 1.00. The molecular formula is C12H27ClN2O2S. The molecule has 18 heavy (non-hydrogen) atoms. The van der Waals surface area contributed by atoms with Crippen molar-refractivity contribution < 1.29 is 8.42 Å². The van der Waals surface area contributed by atoms with Gasteiger partial charge in [-0.25, -0.2) is 13.1 Å². The molecule has 1 fully saturated rings. The largest absolute Gasteiger partial charge is 0.316 e. The monoisotopic (exact) mass is 298 g/mol. The predicted octanol–water partition coefficient (Wildman–Crippen LogP) is 1.76. The Balaban J connectivity index is 0.00000289. The Morgan fingerprint density at radius 2 is 2.00 bits per heavy atom. The van der Waals surface area contributed by atoms with E-state index in [-0.39, 0.29) is 18.2 Å². The van der Waals surface area contributed by atoms with E-state index in [1.165, 1.54) is 6.42 Å². The molecule has 2 N–H and O–H groups in total. The fourth-order valence-electron chi connectivity index (χ4n) is 2.27. The van der Waals surface area contributed by atoms with Crippen molar-refractivity contribution in [3.8, 4) is 0 Å². The SMILES string of the molecule is CCC(CC)CS(=O)(=O)NCCC1CCNC1.Cl. The molecule has 1 aliphatic rings. The standard InChI is InChI=1S/C12H26N2O2S.ClH/c1-3-11(4-2)10-17(15,16)14-8-6-12-5-7-13-9-12;/h11-14H,3-10H2,1-2H3;1H. The average Bonchev–Trinajstić information content (AvgIpc) is 2.78. The number of rotatable bonds is 8. The molecule has 1 heterocycles. The molecule has 1 atom stereocenters. The first kappa shape index (κ1) is 18.2. The summed E-state index contributed by atoms with van der Waals surface area (Å²) in [5.41, 5.74) is 0. The van der Waals surface area contributed by atoms with Gasteiger partial charge in [-0.15, -0.1) is 12.4 Å². The van der Waals surface area contributed by atoms with E-state index in [0.717, 1.165) is 32.4 Å². The Hall–Kier alpha value is 0.160. The van der Waals surface area contributed by atoms with Gasteiger partial charge >= 0.3 is 0 Å². The molecule has 1 saturated heterocycles. The van der Waals surface area contributed by atoms with Gasteiger partial charge in [-0.2, -0.15) is 0 Å². The second-order valence-corrected chi connectivity index (χ2v) is 6.86. The van der Waals surface area contributed by atoms with E-state index >= 15 is 0 Å². The lowest BCUT2D eigenvalue weighted by atomic mass is 10.1. The molecule has 0 bridgehead atoms. The van der Waals surface area contributed by atoms with E-state index < -0.39 is 10.0 Å². The molecular weight excluding hydrogens is 272 g/mol.